The Morgan fingerprint density at radius 3 is 2.57 bits per heavy atom. The number of nitrogens with two attached hydrogens (primary N) is 1. The molecule has 2 atom stereocenters. The molecule has 2 amide bonds. The van der Waals surface area contributed by atoms with Crippen molar-refractivity contribution < 1.29 is 22.7 Å². The smallest absolute Gasteiger partial charge is 0.410 e. The topological polar surface area (TPSA) is 110 Å². The van der Waals surface area contributed by atoms with Crippen LogP contribution in [0.5, 0.6) is 0 Å². The van der Waals surface area contributed by atoms with Crippen molar-refractivity contribution in [2.45, 2.75) is 45.3 Å². The monoisotopic (exact) mass is 347 g/mol. The molecule has 2 saturated heterocycles. The number of likely N-dealkylation sites (tertiary alicyclic amines) is 2. The van der Waals surface area contributed by atoms with Gasteiger partial charge in [-0.3, -0.25) is 4.79 Å². The largest absolute Gasteiger partial charge is 0.444 e. The minimum Gasteiger partial charge on any atom is -0.444 e. The summed E-state index contributed by atoms with van der Waals surface area (Å²) in [4.78, 5) is 27.5. The van der Waals surface area contributed by atoms with Gasteiger partial charge in [0.05, 0.1) is 11.8 Å². The molecule has 2 fully saturated rings. The minimum atomic E-state index is -3.59. The number of hydrogen-bond acceptors (Lipinski definition) is 5. The SMILES string of the molecule is CC(C)(C)OC(=O)N1CCC(N2CC(CS(N)(=O)=O)CC2=O)C1. The normalized spacial score (nSPS) is 26.0. The first kappa shape index (κ1) is 18.0. The molecule has 2 unspecified atom stereocenters. The lowest BCUT2D eigenvalue weighted by Gasteiger charge is -2.26. The molecule has 0 radical (unpaired) electrons. The van der Waals surface area contributed by atoms with E-state index in [4.69, 9.17) is 9.88 Å². The first-order chi connectivity index (χ1) is 10.4. The Kier molecular flexibility index (Phi) is 4.91. The summed E-state index contributed by atoms with van der Waals surface area (Å²) in [5, 5.41) is 5.05. The maximum absolute atomic E-state index is 12.1. The third kappa shape index (κ3) is 5.07. The molecular formula is C14H25N3O5S. The Bertz CT molecular complexity index is 584. The van der Waals surface area contributed by atoms with Crippen LogP contribution in [0.3, 0.4) is 0 Å². The van der Waals surface area contributed by atoms with Crippen LogP contribution >= 0.6 is 0 Å². The molecule has 8 nitrogen and oxygen atoms in total. The molecule has 0 aromatic rings. The Balaban J connectivity index is 1.92. The lowest BCUT2D eigenvalue weighted by atomic mass is 10.1. The molecule has 2 aliphatic heterocycles. The number of nitrogens with zero attached hydrogens (tertiary/aromatic N) is 2. The van der Waals surface area contributed by atoms with E-state index in [1.807, 2.05) is 0 Å². The number of ether oxygens (including phenoxy) is 1. The van der Waals surface area contributed by atoms with E-state index in [0.717, 1.165) is 0 Å². The highest BCUT2D eigenvalue weighted by Gasteiger charge is 2.40. The van der Waals surface area contributed by atoms with Crippen LogP contribution in [-0.4, -0.2) is 67.2 Å². The maximum atomic E-state index is 12.1. The highest BCUT2D eigenvalue weighted by atomic mass is 32.2. The molecule has 0 saturated carbocycles. The average Bonchev–Trinajstić information content (AvgIpc) is 2.91. The van der Waals surface area contributed by atoms with Crippen molar-refractivity contribution in [2.24, 2.45) is 11.1 Å². The summed E-state index contributed by atoms with van der Waals surface area (Å²) >= 11 is 0. The number of rotatable bonds is 3. The molecule has 2 rings (SSSR count). The lowest BCUT2D eigenvalue weighted by molar-refractivity contribution is -0.129. The summed E-state index contributed by atoms with van der Waals surface area (Å²) in [6.07, 6.45) is 0.486. The summed E-state index contributed by atoms with van der Waals surface area (Å²) < 4.78 is 27.7. The van der Waals surface area contributed by atoms with Gasteiger partial charge < -0.3 is 14.5 Å². The number of amides is 2. The van der Waals surface area contributed by atoms with E-state index in [-0.39, 0.29) is 36.1 Å². The van der Waals surface area contributed by atoms with Crippen molar-refractivity contribution in [3.8, 4) is 0 Å². The van der Waals surface area contributed by atoms with Gasteiger partial charge in [0.2, 0.25) is 15.9 Å². The van der Waals surface area contributed by atoms with Gasteiger partial charge in [0.25, 0.3) is 0 Å². The molecule has 2 N–H and O–H groups in total. The molecule has 0 aromatic heterocycles. The quantitative estimate of drug-likeness (QED) is 0.780. The summed E-state index contributed by atoms with van der Waals surface area (Å²) in [5.74, 6) is -0.527. The summed E-state index contributed by atoms with van der Waals surface area (Å²) in [5.41, 5.74) is -0.556. The third-order valence-corrected chi connectivity index (χ3v) is 4.90. The average molecular weight is 347 g/mol. The van der Waals surface area contributed by atoms with Gasteiger partial charge in [-0.25, -0.2) is 18.4 Å². The van der Waals surface area contributed by atoms with Gasteiger partial charge in [-0.1, -0.05) is 0 Å². The fraction of sp³-hybridized carbons (Fsp3) is 0.857. The van der Waals surface area contributed by atoms with Crippen LogP contribution in [0.4, 0.5) is 4.79 Å². The Hall–Kier alpha value is -1.35. The van der Waals surface area contributed by atoms with E-state index in [1.165, 1.54) is 0 Å². The maximum Gasteiger partial charge on any atom is 0.410 e. The number of carbonyl (C=O) groups is 2. The van der Waals surface area contributed by atoms with E-state index < -0.39 is 15.6 Å². The van der Waals surface area contributed by atoms with Gasteiger partial charge in [-0.15, -0.1) is 0 Å². The summed E-state index contributed by atoms with van der Waals surface area (Å²) in [6, 6.07) is -0.0829. The molecule has 0 spiro atoms. The summed E-state index contributed by atoms with van der Waals surface area (Å²) in [7, 11) is -3.59. The molecule has 0 aromatic carbocycles. The zero-order valence-electron chi connectivity index (χ0n) is 13.8. The van der Waals surface area contributed by atoms with Crippen molar-refractivity contribution in [1.29, 1.82) is 0 Å². The summed E-state index contributed by atoms with van der Waals surface area (Å²) in [6.45, 7) is 6.75. The molecule has 23 heavy (non-hydrogen) atoms. The second kappa shape index (κ2) is 6.27. The van der Waals surface area contributed by atoms with Crippen molar-refractivity contribution in [3.63, 3.8) is 0 Å². The zero-order chi connectivity index (χ0) is 17.4. The van der Waals surface area contributed by atoms with Crippen molar-refractivity contribution in [2.75, 3.05) is 25.4 Å². The minimum absolute atomic E-state index is 0.0744. The van der Waals surface area contributed by atoms with E-state index in [9.17, 15) is 18.0 Å². The standard InChI is InChI=1S/C14H25N3O5S/c1-14(2,3)22-13(19)16-5-4-11(8-16)17-7-10(6-12(17)18)9-23(15,20)21/h10-11H,4-9H2,1-3H3,(H2,15,20,21). The number of sulfonamides is 1. The van der Waals surface area contributed by atoms with E-state index >= 15 is 0 Å². The van der Waals surface area contributed by atoms with Crippen LogP contribution in [0.2, 0.25) is 0 Å². The van der Waals surface area contributed by atoms with Crippen LogP contribution in [0.1, 0.15) is 33.6 Å². The zero-order valence-corrected chi connectivity index (χ0v) is 14.6. The van der Waals surface area contributed by atoms with E-state index in [0.29, 0.717) is 26.1 Å². The van der Waals surface area contributed by atoms with Gasteiger partial charge in [0, 0.05) is 32.0 Å². The van der Waals surface area contributed by atoms with Gasteiger partial charge in [-0.2, -0.15) is 0 Å². The fourth-order valence-electron chi connectivity index (χ4n) is 3.09. The van der Waals surface area contributed by atoms with Crippen molar-refractivity contribution >= 4 is 22.0 Å². The number of primary sulfonamides is 1. The number of carbonyl (C=O) groups excluding carboxylic acids is 2. The van der Waals surface area contributed by atoms with Crippen molar-refractivity contribution in [3.05, 3.63) is 0 Å². The molecule has 0 bridgehead atoms. The van der Waals surface area contributed by atoms with Gasteiger partial charge >= 0.3 is 6.09 Å². The van der Waals surface area contributed by atoms with Gasteiger partial charge in [-0.05, 0) is 27.2 Å². The van der Waals surface area contributed by atoms with Crippen LogP contribution in [0, 0.1) is 5.92 Å². The Morgan fingerprint density at radius 2 is 2.00 bits per heavy atom. The highest BCUT2D eigenvalue weighted by molar-refractivity contribution is 7.89. The predicted octanol–water partition coefficient (Wildman–Crippen LogP) is 0.133. The molecule has 132 valence electrons. The second-order valence-corrected chi connectivity index (χ2v) is 8.97. The molecule has 2 aliphatic rings. The van der Waals surface area contributed by atoms with Crippen LogP contribution in [0.15, 0.2) is 0 Å². The van der Waals surface area contributed by atoms with Crippen LogP contribution < -0.4 is 5.14 Å². The Labute approximate surface area is 137 Å². The molecular weight excluding hydrogens is 322 g/mol. The van der Waals surface area contributed by atoms with Gasteiger partial charge in [0.15, 0.2) is 0 Å². The van der Waals surface area contributed by atoms with Gasteiger partial charge in [0.1, 0.15) is 5.60 Å². The fourth-order valence-corrected chi connectivity index (χ4v) is 3.97. The number of hydrogen-bond donors (Lipinski definition) is 1. The first-order valence-electron chi connectivity index (χ1n) is 7.72. The first-order valence-corrected chi connectivity index (χ1v) is 9.44. The predicted molar refractivity (Wildman–Crippen MR) is 84.0 cm³/mol. The lowest BCUT2D eigenvalue weighted by Crippen LogP contribution is -2.41. The molecule has 9 heteroatoms. The second-order valence-electron chi connectivity index (χ2n) is 7.31. The van der Waals surface area contributed by atoms with E-state index in [2.05, 4.69) is 0 Å². The highest BCUT2D eigenvalue weighted by Crippen LogP contribution is 2.26. The Morgan fingerprint density at radius 1 is 1.35 bits per heavy atom. The van der Waals surface area contributed by atoms with Crippen LogP contribution in [0.25, 0.3) is 0 Å². The van der Waals surface area contributed by atoms with Crippen molar-refractivity contribution in [1.82, 2.24) is 9.80 Å². The van der Waals surface area contributed by atoms with E-state index in [1.54, 1.807) is 30.6 Å². The molecule has 0 aliphatic carbocycles. The van der Waals surface area contributed by atoms with Crippen LogP contribution in [-0.2, 0) is 19.6 Å². The third-order valence-electron chi connectivity index (χ3n) is 3.96. The molecule has 2 heterocycles.